The molecule has 0 aromatic carbocycles. The van der Waals surface area contributed by atoms with E-state index in [4.69, 9.17) is 75.8 Å². The van der Waals surface area contributed by atoms with Gasteiger partial charge < -0.3 is 127 Å². The molecule has 0 aromatic rings. The number of ether oxygens (including phenoxy) is 16. The van der Waals surface area contributed by atoms with Crippen molar-refractivity contribution in [2.75, 3.05) is 52.9 Å². The Balaban J connectivity index is 0.857. The fourth-order valence-electron chi connectivity index (χ4n) is 11.3. The zero-order chi connectivity index (χ0) is 52.0. The van der Waals surface area contributed by atoms with Gasteiger partial charge in [-0.3, -0.25) is 0 Å². The first-order chi connectivity index (χ1) is 35.8. The summed E-state index contributed by atoms with van der Waals surface area (Å²) in [7, 11) is 0. The molecule has 30 fully saturated rings. The first kappa shape index (κ1) is 57.6. The second-order valence-electron chi connectivity index (χ2n) is 21.0. The lowest BCUT2D eigenvalue weighted by atomic mass is 9.92. The van der Waals surface area contributed by atoms with Gasteiger partial charge in [0.1, 0.15) is 61.0 Å². The highest BCUT2D eigenvalue weighted by molar-refractivity contribution is 4.91. The molecule has 0 spiro atoms. The molecule has 0 radical (unpaired) electrons. The Morgan fingerprint density at radius 3 is 1.14 bits per heavy atom. The normalized spacial score (nSPS) is 50.4. The minimum absolute atomic E-state index is 0.0118. The summed E-state index contributed by atoms with van der Waals surface area (Å²) in [5.41, 5.74) is 0. The minimum atomic E-state index is -1.36. The fraction of sp³-hybridized carbons (Fsp3) is 1.00. The van der Waals surface area contributed by atoms with E-state index in [2.05, 4.69) is 6.92 Å². The van der Waals surface area contributed by atoms with Crippen molar-refractivity contribution in [1.29, 1.82) is 0 Å². The summed E-state index contributed by atoms with van der Waals surface area (Å²) in [6.07, 6.45) is -22.1. The second-order valence-corrected chi connectivity index (χ2v) is 21.0. The van der Waals surface area contributed by atoms with Crippen molar-refractivity contribution in [3.05, 3.63) is 0 Å². The lowest BCUT2D eigenvalue weighted by molar-refractivity contribution is -0.359. The third kappa shape index (κ3) is 14.3. The predicted molar refractivity (Wildman–Crippen MR) is 242 cm³/mol. The number of unbranched alkanes of at least 4 members (excludes halogenated alkanes) is 1. The molecule has 10 N–H and O–H groups in total. The minimum Gasteiger partial charge on any atom is -0.394 e. The van der Waals surface area contributed by atoms with Gasteiger partial charge in [-0.25, -0.2) is 0 Å². The van der Waals surface area contributed by atoms with E-state index in [-0.39, 0.29) is 77.3 Å². The number of aliphatic hydroxyl groups excluding tert-OH is 10. The predicted octanol–water partition coefficient (Wildman–Crippen LogP) is -3.14. The van der Waals surface area contributed by atoms with Crippen LogP contribution in [-0.2, 0) is 75.8 Å². The van der Waals surface area contributed by atoms with Gasteiger partial charge in [0.15, 0.2) is 50.3 Å². The van der Waals surface area contributed by atoms with Crippen LogP contribution in [0, 0.1) is 5.92 Å². The largest absolute Gasteiger partial charge is 0.394 e. The number of rotatable bonds is 7. The van der Waals surface area contributed by atoms with E-state index in [1.165, 1.54) is 0 Å². The topological polar surface area (TPSA) is 350 Å². The first-order valence-corrected chi connectivity index (χ1v) is 26.6. The van der Waals surface area contributed by atoms with Gasteiger partial charge in [-0.1, -0.05) is 19.8 Å². The molecule has 0 saturated carbocycles. The smallest absolute Gasteiger partial charge is 0.184 e. The standard InChI is InChI=1S/C48H80O26/c1-2-3-4-22-7-23-18-59-42(22)63-24-8-27(53)44(60-19-24)65-25-9-29(55)45(62-20-25)69-33-5-6-41(68-37(33)14-49)67-34-11-31(57)47(73-38(34)15-50)71-36-13-32(58)48(74-40(36)17-52)70-35-12-30(56)46(72-39(35)16-51)66-26-10-28(54)43(64-23)61-21-26/h22-58H,2-21H2,1H3/t22-,23+,24+,25+,26+,27-,28-,29-,30-,31-,32?,33+,34+,35+,36+,37-,38-,39-,40-,41+,42?,43-,44-,45-,46+,47+,48+/m1/s1. The third-order valence-electron chi connectivity index (χ3n) is 15.4. The maximum absolute atomic E-state index is 11.2. The van der Waals surface area contributed by atoms with Crippen LogP contribution in [0.15, 0.2) is 0 Å². The molecule has 16 bridgehead atoms. The van der Waals surface area contributed by atoms with Gasteiger partial charge in [-0.15, -0.1) is 0 Å². The quantitative estimate of drug-likeness (QED) is 0.120. The van der Waals surface area contributed by atoms with Crippen molar-refractivity contribution in [2.45, 2.75) is 244 Å². The van der Waals surface area contributed by atoms with Crippen LogP contribution in [0.5, 0.6) is 0 Å². The molecular weight excluding hydrogens is 993 g/mol. The maximum Gasteiger partial charge on any atom is 0.184 e. The van der Waals surface area contributed by atoms with E-state index in [0.717, 1.165) is 19.3 Å². The van der Waals surface area contributed by atoms with Crippen LogP contribution in [0.3, 0.4) is 0 Å². The van der Waals surface area contributed by atoms with Crippen LogP contribution in [0.4, 0.5) is 0 Å². The highest BCUT2D eigenvalue weighted by atomic mass is 16.8. The van der Waals surface area contributed by atoms with Crippen molar-refractivity contribution < 1.29 is 127 Å². The summed E-state index contributed by atoms with van der Waals surface area (Å²) in [6, 6.07) is 0. The van der Waals surface area contributed by atoms with E-state index >= 15 is 0 Å². The first-order valence-electron chi connectivity index (χ1n) is 26.6. The van der Waals surface area contributed by atoms with Crippen LogP contribution in [0.25, 0.3) is 0 Å². The molecule has 428 valence electrons. The van der Waals surface area contributed by atoms with Gasteiger partial charge in [-0.05, 0) is 19.3 Å². The van der Waals surface area contributed by atoms with E-state index in [0.29, 0.717) is 12.8 Å². The molecule has 30 aliphatic rings. The zero-order valence-corrected chi connectivity index (χ0v) is 41.7. The Morgan fingerprint density at radius 2 is 0.689 bits per heavy atom. The SMILES string of the molecule is CCCC[C@@H]1C[C@H]2COC1O[C@@H]1CO[C@H](O[C@@H]3CO[C@H](O[C@H]4CC[C@@H](O[C@H]5C[C@@H](O)[C@@H](O[C@H]6CC(O)[C@@H](O[C@H]7C[C@@H](O)[C@@H](O[C@@H]8CO[C@H](O2)[C@H](O)C8)O[C@@H]7CO)O[C@@H]6CO)O[C@@H]5CO)O[C@@H]4CO)[C@H](O)C3)[C@H](O)C1. The summed E-state index contributed by atoms with van der Waals surface area (Å²) >= 11 is 0. The molecule has 26 heteroatoms. The molecule has 26 nitrogen and oxygen atoms in total. The molecular formula is C48H80O26. The lowest BCUT2D eigenvalue weighted by Crippen LogP contribution is -2.58. The van der Waals surface area contributed by atoms with Gasteiger partial charge in [0.2, 0.25) is 0 Å². The van der Waals surface area contributed by atoms with Crippen molar-refractivity contribution in [3.8, 4) is 0 Å². The molecule has 74 heavy (non-hydrogen) atoms. The van der Waals surface area contributed by atoms with E-state index in [9.17, 15) is 51.1 Å². The van der Waals surface area contributed by atoms with Gasteiger partial charge in [0.25, 0.3) is 0 Å². The fourth-order valence-corrected chi connectivity index (χ4v) is 11.3. The average Bonchev–Trinajstić information content (AvgIpc) is 3.38. The van der Waals surface area contributed by atoms with E-state index in [1.54, 1.807) is 0 Å². The molecule has 0 amide bonds. The Kier molecular flexibility index (Phi) is 21.0. The van der Waals surface area contributed by atoms with Gasteiger partial charge in [0, 0.05) is 50.9 Å². The summed E-state index contributed by atoms with van der Waals surface area (Å²) in [6.45, 7) is 0.185. The number of aliphatic hydroxyl groups is 10. The molecule has 27 atom stereocenters. The molecule has 30 heterocycles. The lowest BCUT2D eigenvalue weighted by Gasteiger charge is -2.46. The van der Waals surface area contributed by atoms with Crippen LogP contribution < -0.4 is 0 Å². The van der Waals surface area contributed by atoms with E-state index < -0.39 is 187 Å². The zero-order valence-electron chi connectivity index (χ0n) is 41.7. The maximum atomic E-state index is 11.2. The molecule has 30 aliphatic heterocycles. The molecule has 30 saturated heterocycles. The number of hydrogen-bond donors (Lipinski definition) is 10. The molecule has 0 aromatic heterocycles. The summed E-state index contributed by atoms with van der Waals surface area (Å²) in [5, 5.41) is 109. The summed E-state index contributed by atoms with van der Waals surface area (Å²) < 4.78 is 97.4. The summed E-state index contributed by atoms with van der Waals surface area (Å²) in [4.78, 5) is 0. The molecule has 30 rings (SSSR count). The Hall–Kier alpha value is -1.04. The monoisotopic (exact) mass is 1070 g/mol. The Labute approximate surface area is 429 Å². The summed E-state index contributed by atoms with van der Waals surface area (Å²) in [5.74, 6) is -0.0813. The van der Waals surface area contributed by atoms with Crippen molar-refractivity contribution in [3.63, 3.8) is 0 Å². The highest BCUT2D eigenvalue weighted by Gasteiger charge is 2.50. The molecule has 2 unspecified atom stereocenters. The van der Waals surface area contributed by atoms with Gasteiger partial charge >= 0.3 is 0 Å². The van der Waals surface area contributed by atoms with Crippen LogP contribution in [0.2, 0.25) is 0 Å². The number of hydrogen-bond acceptors (Lipinski definition) is 26. The van der Waals surface area contributed by atoms with Gasteiger partial charge in [-0.2, -0.15) is 0 Å². The van der Waals surface area contributed by atoms with Crippen LogP contribution in [-0.4, -0.2) is 264 Å². The van der Waals surface area contributed by atoms with Gasteiger partial charge in [0.05, 0.1) is 102 Å². The second kappa shape index (κ2) is 26.9. The van der Waals surface area contributed by atoms with Crippen molar-refractivity contribution in [1.82, 2.24) is 0 Å². The Bertz CT molecular complexity index is 1680. The van der Waals surface area contributed by atoms with Crippen LogP contribution >= 0.6 is 0 Å². The van der Waals surface area contributed by atoms with E-state index in [1.807, 2.05) is 0 Å². The van der Waals surface area contributed by atoms with Crippen molar-refractivity contribution >= 4 is 0 Å². The Morgan fingerprint density at radius 1 is 0.338 bits per heavy atom. The average molecular weight is 1070 g/mol. The highest BCUT2D eigenvalue weighted by Crippen LogP contribution is 2.37. The third-order valence-corrected chi connectivity index (χ3v) is 15.4. The van der Waals surface area contributed by atoms with Crippen molar-refractivity contribution in [2.24, 2.45) is 5.92 Å². The van der Waals surface area contributed by atoms with Crippen LogP contribution in [0.1, 0.15) is 84.0 Å². The molecule has 0 aliphatic carbocycles.